The van der Waals surface area contributed by atoms with Crippen LogP contribution in [0.25, 0.3) is 0 Å². The highest BCUT2D eigenvalue weighted by molar-refractivity contribution is 7.81. The van der Waals surface area contributed by atoms with Crippen LogP contribution in [0.5, 0.6) is 0 Å². The fourth-order valence-corrected chi connectivity index (χ4v) is 2.65. The third-order valence-electron chi connectivity index (χ3n) is 2.46. The van der Waals surface area contributed by atoms with Gasteiger partial charge in [-0.25, -0.2) is 8.37 Å². The van der Waals surface area contributed by atoms with E-state index in [4.69, 9.17) is 18.6 Å². The summed E-state index contributed by atoms with van der Waals surface area (Å²) in [5, 5.41) is 9.74. The van der Waals surface area contributed by atoms with E-state index in [1.807, 2.05) is 0 Å². The maximum Gasteiger partial charge on any atom is 0.397 e. The molecule has 5 atom stereocenters. The number of hydrogen-bond acceptors (Lipinski definition) is 9. The molecule has 11 nitrogen and oxygen atoms in total. The maximum absolute atomic E-state index is 10.7. The zero-order valence-corrected chi connectivity index (χ0v) is 11.9. The van der Waals surface area contributed by atoms with Gasteiger partial charge in [0.25, 0.3) is 0 Å². The molecule has 1 aliphatic heterocycles. The summed E-state index contributed by atoms with van der Waals surface area (Å²) >= 11 is 0. The summed E-state index contributed by atoms with van der Waals surface area (Å²) in [6.45, 7) is 1.32. The molecule has 20 heavy (non-hydrogen) atoms. The number of aliphatic hydroxyl groups excluding tert-OH is 1. The monoisotopic (exact) mass is 338 g/mol. The molecule has 0 aromatic carbocycles. The average molecular weight is 338 g/mol. The van der Waals surface area contributed by atoms with Gasteiger partial charge in [-0.1, -0.05) is 0 Å². The van der Waals surface area contributed by atoms with Crippen molar-refractivity contribution in [1.29, 1.82) is 0 Å². The van der Waals surface area contributed by atoms with Crippen LogP contribution in [0, 0.1) is 0 Å². The van der Waals surface area contributed by atoms with Crippen molar-refractivity contribution in [2.45, 2.75) is 37.6 Å². The van der Waals surface area contributed by atoms with Crippen LogP contribution in [-0.4, -0.2) is 68.9 Å². The van der Waals surface area contributed by atoms with Gasteiger partial charge in [0, 0.05) is 7.11 Å². The number of methoxy groups -OCH3 is 1. The second-order valence-corrected chi connectivity index (χ2v) is 6.01. The van der Waals surface area contributed by atoms with Crippen LogP contribution in [0.2, 0.25) is 0 Å². The first-order chi connectivity index (χ1) is 8.94. The Hall–Kier alpha value is -0.380. The van der Waals surface area contributed by atoms with Gasteiger partial charge in [-0.2, -0.15) is 16.8 Å². The molecule has 3 N–H and O–H groups in total. The van der Waals surface area contributed by atoms with E-state index < -0.39 is 51.5 Å². The van der Waals surface area contributed by atoms with Crippen molar-refractivity contribution in [2.24, 2.45) is 0 Å². The third-order valence-corrected chi connectivity index (χ3v) is 3.39. The van der Waals surface area contributed by atoms with E-state index in [0.29, 0.717) is 0 Å². The predicted molar refractivity (Wildman–Crippen MR) is 60.2 cm³/mol. The molecule has 1 rings (SSSR count). The topological polar surface area (TPSA) is 166 Å². The SMILES string of the molecule is CO[C@@H]1O[C@@H](C)[C@H](O)[C@@H](OS(=O)(=O)O)[C@H]1OS(=O)(=O)O. The lowest BCUT2D eigenvalue weighted by Crippen LogP contribution is -2.59. The molecule has 120 valence electrons. The minimum Gasteiger partial charge on any atom is -0.388 e. The smallest absolute Gasteiger partial charge is 0.388 e. The van der Waals surface area contributed by atoms with Crippen molar-refractivity contribution in [3.8, 4) is 0 Å². The standard InChI is InChI=1S/C7H14O11S2/c1-3-4(8)5(17-19(9,10)11)6(7(15-2)16-3)18-20(12,13)14/h3-8H,1-2H3,(H,9,10,11)(H,12,13,14)/t3-,4-,5+,6+,7+/m0/s1. The second kappa shape index (κ2) is 6.17. The van der Waals surface area contributed by atoms with Gasteiger partial charge in [0.2, 0.25) is 0 Å². The number of aliphatic hydroxyl groups is 1. The summed E-state index contributed by atoms with van der Waals surface area (Å²) in [6, 6.07) is 0. The van der Waals surface area contributed by atoms with Gasteiger partial charge < -0.3 is 14.6 Å². The number of hydrogen-bond donors (Lipinski definition) is 3. The first kappa shape index (κ1) is 17.7. The van der Waals surface area contributed by atoms with Crippen molar-refractivity contribution in [1.82, 2.24) is 0 Å². The van der Waals surface area contributed by atoms with Crippen LogP contribution in [0.15, 0.2) is 0 Å². The Kier molecular flexibility index (Phi) is 5.45. The quantitative estimate of drug-likeness (QED) is 0.480. The summed E-state index contributed by atoms with van der Waals surface area (Å²) in [7, 11) is -8.97. The van der Waals surface area contributed by atoms with Crippen LogP contribution in [0.3, 0.4) is 0 Å². The van der Waals surface area contributed by atoms with Gasteiger partial charge >= 0.3 is 20.8 Å². The summed E-state index contributed by atoms with van der Waals surface area (Å²) in [5.41, 5.74) is 0. The Balaban J connectivity index is 3.12. The fraction of sp³-hybridized carbons (Fsp3) is 1.00. The van der Waals surface area contributed by atoms with E-state index in [1.165, 1.54) is 6.92 Å². The molecule has 0 amide bonds. The third kappa shape index (κ3) is 4.87. The summed E-state index contributed by atoms with van der Waals surface area (Å²) < 4.78 is 78.3. The van der Waals surface area contributed by atoms with Crippen LogP contribution in [0.4, 0.5) is 0 Å². The molecule has 0 spiro atoms. The first-order valence-electron chi connectivity index (χ1n) is 5.12. The lowest BCUT2D eigenvalue weighted by atomic mass is 10.0. The Morgan fingerprint density at radius 1 is 1.00 bits per heavy atom. The molecule has 1 fully saturated rings. The molecule has 0 bridgehead atoms. The molecule has 0 aromatic rings. The van der Waals surface area contributed by atoms with E-state index in [2.05, 4.69) is 8.37 Å². The second-order valence-electron chi connectivity index (χ2n) is 3.91. The minimum atomic E-state index is -5.03. The zero-order valence-electron chi connectivity index (χ0n) is 10.3. The number of rotatable bonds is 5. The van der Waals surface area contributed by atoms with E-state index in [9.17, 15) is 21.9 Å². The van der Waals surface area contributed by atoms with Crippen LogP contribution >= 0.6 is 0 Å². The fourth-order valence-electron chi connectivity index (χ4n) is 1.67. The molecule has 0 unspecified atom stereocenters. The van der Waals surface area contributed by atoms with E-state index in [-0.39, 0.29) is 0 Å². The highest BCUT2D eigenvalue weighted by Crippen LogP contribution is 2.28. The molecule has 0 aromatic heterocycles. The highest BCUT2D eigenvalue weighted by Gasteiger charge is 2.49. The van der Waals surface area contributed by atoms with E-state index in [1.54, 1.807) is 0 Å². The molecule has 1 saturated heterocycles. The van der Waals surface area contributed by atoms with Crippen molar-refractivity contribution >= 4 is 20.8 Å². The molecule has 1 heterocycles. The summed E-state index contributed by atoms with van der Waals surface area (Å²) in [6.07, 6.45) is -7.89. The molecule has 0 radical (unpaired) electrons. The largest absolute Gasteiger partial charge is 0.397 e. The van der Waals surface area contributed by atoms with Crippen molar-refractivity contribution in [3.05, 3.63) is 0 Å². The Labute approximate surface area is 115 Å². The van der Waals surface area contributed by atoms with Crippen molar-refractivity contribution in [3.63, 3.8) is 0 Å². The normalized spacial score (nSPS) is 36.0. The Morgan fingerprint density at radius 3 is 1.85 bits per heavy atom. The van der Waals surface area contributed by atoms with Gasteiger partial charge in [0.1, 0.15) is 12.2 Å². The highest BCUT2D eigenvalue weighted by atomic mass is 32.3. The van der Waals surface area contributed by atoms with Crippen LogP contribution in [0.1, 0.15) is 6.92 Å². The summed E-state index contributed by atoms with van der Waals surface area (Å²) in [5.74, 6) is 0. The van der Waals surface area contributed by atoms with Crippen molar-refractivity contribution in [2.75, 3.05) is 7.11 Å². The molecular formula is C7H14O11S2. The Bertz CT molecular complexity index is 491. The number of ether oxygens (including phenoxy) is 2. The summed E-state index contributed by atoms with van der Waals surface area (Å²) in [4.78, 5) is 0. The van der Waals surface area contributed by atoms with Gasteiger partial charge in [-0.15, -0.1) is 0 Å². The first-order valence-corrected chi connectivity index (χ1v) is 7.85. The molecular weight excluding hydrogens is 324 g/mol. The van der Waals surface area contributed by atoms with Crippen LogP contribution in [-0.2, 0) is 38.6 Å². The zero-order chi connectivity index (χ0) is 15.7. The van der Waals surface area contributed by atoms with Gasteiger partial charge in [-0.3, -0.25) is 9.11 Å². The predicted octanol–water partition coefficient (Wildman–Crippen LogP) is -1.89. The molecule has 13 heteroatoms. The lowest BCUT2D eigenvalue weighted by molar-refractivity contribution is -0.275. The molecule has 0 saturated carbocycles. The van der Waals surface area contributed by atoms with Gasteiger partial charge in [0.05, 0.1) is 6.10 Å². The Morgan fingerprint density at radius 2 is 1.45 bits per heavy atom. The van der Waals surface area contributed by atoms with Crippen molar-refractivity contribution < 1.29 is 48.9 Å². The van der Waals surface area contributed by atoms with E-state index in [0.717, 1.165) is 7.11 Å². The lowest BCUT2D eigenvalue weighted by Gasteiger charge is -2.40. The van der Waals surface area contributed by atoms with Gasteiger partial charge in [-0.05, 0) is 6.92 Å². The van der Waals surface area contributed by atoms with Crippen LogP contribution < -0.4 is 0 Å². The molecule has 1 aliphatic rings. The van der Waals surface area contributed by atoms with Gasteiger partial charge in [0.15, 0.2) is 12.4 Å². The maximum atomic E-state index is 10.7. The molecule has 0 aliphatic carbocycles. The van der Waals surface area contributed by atoms with E-state index >= 15 is 0 Å². The minimum absolute atomic E-state index is 1.02. The average Bonchev–Trinajstić information content (AvgIpc) is 2.25.